The average Bonchev–Trinajstić information content (AvgIpc) is 3.15. The molecule has 0 unspecified atom stereocenters. The minimum absolute atomic E-state index is 0.201. The molecule has 2 aromatic carbocycles. The number of halogens is 2. The summed E-state index contributed by atoms with van der Waals surface area (Å²) >= 11 is 0. The zero-order chi connectivity index (χ0) is 21.4. The lowest BCUT2D eigenvalue weighted by atomic mass is 10.2. The van der Waals surface area contributed by atoms with Crippen molar-refractivity contribution < 1.29 is 30.0 Å². The third kappa shape index (κ3) is 3.95. The minimum atomic E-state index is -4.43. The van der Waals surface area contributed by atoms with E-state index in [1.807, 2.05) is 0 Å². The average molecular weight is 441 g/mol. The molecule has 0 spiro atoms. The van der Waals surface area contributed by atoms with Gasteiger partial charge in [0.15, 0.2) is 0 Å². The molecule has 0 aliphatic heterocycles. The van der Waals surface area contributed by atoms with E-state index in [2.05, 4.69) is 4.98 Å². The van der Waals surface area contributed by atoms with Crippen molar-refractivity contribution in [3.05, 3.63) is 60.2 Å². The van der Waals surface area contributed by atoms with Crippen LogP contribution in [0.15, 0.2) is 68.0 Å². The second-order valence-corrected chi connectivity index (χ2v) is 10.5. The number of hydrogen-bond donors (Lipinski definition) is 0. The molecule has 6 nitrogen and oxygen atoms in total. The molecule has 3 rings (SSSR count). The SMILES string of the molecule is CC[C@H](C)S(=O)(=O)c1oc(-c2ccc(F)cc2)nc1S(=O)(=O)c1ccc(F)cc1. The van der Waals surface area contributed by atoms with Crippen LogP contribution in [-0.2, 0) is 19.7 Å². The highest BCUT2D eigenvalue weighted by atomic mass is 32.2. The van der Waals surface area contributed by atoms with Crippen molar-refractivity contribution in [1.82, 2.24) is 4.98 Å². The summed E-state index contributed by atoms with van der Waals surface area (Å²) in [4.78, 5) is 3.58. The monoisotopic (exact) mass is 441 g/mol. The standard InChI is InChI=1S/C19H17F2NO5S2/c1-3-12(2)28(23,24)19-18(29(25,26)16-10-8-15(21)9-11-16)22-17(27-19)13-4-6-14(20)7-5-13/h4-12H,3H2,1-2H3/t12-/m0/s1. The molecule has 0 aliphatic carbocycles. The summed E-state index contributed by atoms with van der Waals surface area (Å²) in [6, 6.07) is 8.69. The molecule has 10 heteroatoms. The molecule has 29 heavy (non-hydrogen) atoms. The number of oxazole rings is 1. The maximum atomic E-state index is 13.2. The zero-order valence-corrected chi connectivity index (χ0v) is 17.1. The molecule has 1 heterocycles. The summed E-state index contributed by atoms with van der Waals surface area (Å²) in [5, 5.41) is -2.52. The fourth-order valence-corrected chi connectivity index (χ4v) is 5.63. The van der Waals surface area contributed by atoms with Gasteiger partial charge in [-0.3, -0.25) is 0 Å². The van der Waals surface area contributed by atoms with Crippen LogP contribution in [0.1, 0.15) is 20.3 Å². The van der Waals surface area contributed by atoms with Crippen molar-refractivity contribution in [1.29, 1.82) is 0 Å². The van der Waals surface area contributed by atoms with Crippen LogP contribution in [-0.4, -0.2) is 27.1 Å². The Balaban J connectivity index is 2.26. The van der Waals surface area contributed by atoms with Crippen molar-refractivity contribution in [2.24, 2.45) is 0 Å². The lowest BCUT2D eigenvalue weighted by Gasteiger charge is -2.09. The van der Waals surface area contributed by atoms with Crippen LogP contribution in [0, 0.1) is 11.6 Å². The number of hydrogen-bond acceptors (Lipinski definition) is 6. The predicted octanol–water partition coefficient (Wildman–Crippen LogP) is 4.02. The first kappa shape index (κ1) is 21.1. The summed E-state index contributed by atoms with van der Waals surface area (Å²) in [6.07, 6.45) is 0.213. The predicted molar refractivity (Wildman–Crippen MR) is 101 cm³/mol. The number of nitrogens with zero attached hydrogens (tertiary/aromatic N) is 1. The van der Waals surface area contributed by atoms with E-state index in [1.165, 1.54) is 19.1 Å². The smallest absolute Gasteiger partial charge is 0.258 e. The molecule has 154 valence electrons. The first-order chi connectivity index (χ1) is 13.6. The van der Waals surface area contributed by atoms with Gasteiger partial charge in [-0.15, -0.1) is 0 Å². The van der Waals surface area contributed by atoms with E-state index in [9.17, 15) is 25.6 Å². The van der Waals surface area contributed by atoms with E-state index in [0.717, 1.165) is 36.4 Å². The minimum Gasteiger partial charge on any atom is -0.423 e. The van der Waals surface area contributed by atoms with E-state index < -0.39 is 46.7 Å². The van der Waals surface area contributed by atoms with Gasteiger partial charge in [-0.1, -0.05) is 6.92 Å². The summed E-state index contributed by atoms with van der Waals surface area (Å²) in [6.45, 7) is 3.05. The number of aromatic nitrogens is 1. The van der Waals surface area contributed by atoms with Crippen molar-refractivity contribution in [3.63, 3.8) is 0 Å². The van der Waals surface area contributed by atoms with Gasteiger partial charge in [0.1, 0.15) is 11.6 Å². The highest BCUT2D eigenvalue weighted by molar-refractivity contribution is 7.94. The quantitative estimate of drug-likeness (QED) is 0.536. The van der Waals surface area contributed by atoms with Crippen LogP contribution in [0.3, 0.4) is 0 Å². The van der Waals surface area contributed by atoms with E-state index >= 15 is 0 Å². The van der Waals surface area contributed by atoms with Gasteiger partial charge in [0.25, 0.3) is 5.09 Å². The van der Waals surface area contributed by atoms with E-state index in [4.69, 9.17) is 4.42 Å². The van der Waals surface area contributed by atoms with E-state index in [-0.39, 0.29) is 22.8 Å². The summed E-state index contributed by atoms with van der Waals surface area (Å²) in [7, 11) is -8.60. The maximum absolute atomic E-state index is 13.2. The van der Waals surface area contributed by atoms with Gasteiger partial charge >= 0.3 is 0 Å². The maximum Gasteiger partial charge on any atom is 0.258 e. The van der Waals surface area contributed by atoms with Gasteiger partial charge in [0.2, 0.25) is 30.6 Å². The Bertz CT molecular complexity index is 1230. The molecule has 0 saturated carbocycles. The van der Waals surface area contributed by atoms with Crippen molar-refractivity contribution in [3.8, 4) is 11.5 Å². The van der Waals surface area contributed by atoms with E-state index in [0.29, 0.717) is 0 Å². The Morgan fingerprint density at radius 3 is 1.97 bits per heavy atom. The molecule has 0 radical (unpaired) electrons. The van der Waals surface area contributed by atoms with Gasteiger partial charge < -0.3 is 4.42 Å². The largest absolute Gasteiger partial charge is 0.423 e. The van der Waals surface area contributed by atoms with Crippen LogP contribution in [0.2, 0.25) is 0 Å². The van der Waals surface area contributed by atoms with Crippen molar-refractivity contribution >= 4 is 19.7 Å². The Morgan fingerprint density at radius 1 is 0.931 bits per heavy atom. The molecule has 1 aromatic heterocycles. The molecule has 0 amide bonds. The van der Waals surface area contributed by atoms with Crippen LogP contribution in [0.5, 0.6) is 0 Å². The molecular formula is C19H17F2NO5S2. The zero-order valence-electron chi connectivity index (χ0n) is 15.5. The van der Waals surface area contributed by atoms with E-state index in [1.54, 1.807) is 6.92 Å². The second-order valence-electron chi connectivity index (χ2n) is 6.34. The normalized spacial score (nSPS) is 13.4. The molecule has 0 N–H and O–H groups in total. The second kappa shape index (κ2) is 7.68. The molecule has 0 fully saturated rings. The Kier molecular flexibility index (Phi) is 5.59. The molecule has 0 saturated heterocycles. The van der Waals surface area contributed by atoms with Crippen LogP contribution in [0.4, 0.5) is 8.78 Å². The van der Waals surface area contributed by atoms with Gasteiger partial charge in [-0.25, -0.2) is 25.6 Å². The fraction of sp³-hybridized carbons (Fsp3) is 0.211. The topological polar surface area (TPSA) is 94.3 Å². The molecule has 0 aliphatic rings. The van der Waals surface area contributed by atoms with Gasteiger partial charge in [-0.05, 0) is 61.9 Å². The van der Waals surface area contributed by atoms with Crippen molar-refractivity contribution in [2.75, 3.05) is 0 Å². The molecular weight excluding hydrogens is 424 g/mol. The highest BCUT2D eigenvalue weighted by Gasteiger charge is 2.37. The van der Waals surface area contributed by atoms with Crippen molar-refractivity contribution in [2.45, 2.75) is 40.5 Å². The summed E-state index contributed by atoms with van der Waals surface area (Å²) in [5.74, 6) is -1.47. The third-order valence-corrected chi connectivity index (χ3v) is 8.39. The molecule has 3 aromatic rings. The Labute approximate surface area is 167 Å². The number of rotatable bonds is 6. The Hall–Kier alpha value is -2.59. The first-order valence-electron chi connectivity index (χ1n) is 8.58. The van der Waals surface area contributed by atoms with Gasteiger partial charge in [-0.2, -0.15) is 4.98 Å². The first-order valence-corrected chi connectivity index (χ1v) is 11.6. The lowest BCUT2D eigenvalue weighted by Crippen LogP contribution is -2.19. The van der Waals surface area contributed by atoms with Crippen LogP contribution in [0.25, 0.3) is 11.5 Å². The van der Waals surface area contributed by atoms with Crippen LogP contribution >= 0.6 is 0 Å². The summed E-state index contributed by atoms with van der Waals surface area (Å²) in [5.41, 5.74) is 0.201. The highest BCUT2D eigenvalue weighted by Crippen LogP contribution is 2.34. The van der Waals surface area contributed by atoms with Gasteiger partial charge in [0, 0.05) is 5.56 Å². The number of sulfone groups is 2. The number of benzene rings is 2. The molecule has 0 bridgehead atoms. The molecule has 1 atom stereocenters. The van der Waals surface area contributed by atoms with Crippen LogP contribution < -0.4 is 0 Å². The lowest BCUT2D eigenvalue weighted by molar-refractivity contribution is 0.441. The van der Waals surface area contributed by atoms with Gasteiger partial charge in [0.05, 0.1) is 10.1 Å². The third-order valence-electron chi connectivity index (χ3n) is 4.40. The fourth-order valence-electron chi connectivity index (χ4n) is 2.49. The summed E-state index contributed by atoms with van der Waals surface area (Å²) < 4.78 is 83.7. The Morgan fingerprint density at radius 2 is 1.45 bits per heavy atom.